The van der Waals surface area contributed by atoms with E-state index in [1.165, 1.54) is 0 Å². The number of hydrazone groups is 1. The van der Waals surface area contributed by atoms with Crippen LogP contribution in [0.3, 0.4) is 0 Å². The minimum Gasteiger partial charge on any atom is -0.494 e. The summed E-state index contributed by atoms with van der Waals surface area (Å²) in [5, 5.41) is 4.35. The number of aromatic nitrogens is 1. The average Bonchev–Trinajstić information content (AvgIpc) is 3.19. The van der Waals surface area contributed by atoms with Crippen LogP contribution in [0.2, 0.25) is 0 Å². The zero-order chi connectivity index (χ0) is 20.9. The number of carbonyl (C=O) groups is 1. The summed E-state index contributed by atoms with van der Waals surface area (Å²) in [6.45, 7) is 4.48. The number of rotatable bonds is 7. The lowest BCUT2D eigenvalue weighted by Gasteiger charge is -2.06. The second-order valence-corrected chi connectivity index (χ2v) is 6.71. The highest BCUT2D eigenvalue weighted by atomic mass is 16.5. The molecule has 0 atom stereocenters. The fraction of sp³-hybridized carbons (Fsp3) is 0.125. The molecule has 0 aliphatic rings. The average molecular weight is 399 g/mol. The molecule has 0 bridgehead atoms. The number of carbonyl (C=O) groups excluding carboxylic acids is 1. The number of oxazole rings is 1. The van der Waals surface area contributed by atoms with Crippen LogP contribution in [-0.2, 0) is 0 Å². The van der Waals surface area contributed by atoms with Gasteiger partial charge >= 0.3 is 0 Å². The van der Waals surface area contributed by atoms with Crippen molar-refractivity contribution in [2.24, 2.45) is 5.10 Å². The molecule has 0 aliphatic carbocycles. The SMILES string of the molecule is CCOc1ccc(C(=O)/C(=N/Nc2ccc(C)cc2)c2nc3ccccc3o2)cc1. The number of Topliss-reactive ketones (excluding diaryl/α,β-unsaturated/α-hetero) is 1. The Labute approximate surface area is 174 Å². The van der Waals surface area contributed by atoms with Crippen LogP contribution in [0.1, 0.15) is 28.7 Å². The van der Waals surface area contributed by atoms with Crippen LogP contribution >= 0.6 is 0 Å². The maximum atomic E-state index is 13.3. The van der Waals surface area contributed by atoms with Gasteiger partial charge in [0.25, 0.3) is 5.89 Å². The van der Waals surface area contributed by atoms with Gasteiger partial charge in [-0.3, -0.25) is 10.2 Å². The molecule has 1 aromatic heterocycles. The molecular formula is C24H21N3O3. The number of nitrogens with zero attached hydrogens (tertiary/aromatic N) is 2. The molecule has 1 N–H and O–H groups in total. The molecule has 0 aliphatic heterocycles. The number of nitrogens with one attached hydrogen (secondary N) is 1. The van der Waals surface area contributed by atoms with Crippen LogP contribution in [0, 0.1) is 6.92 Å². The van der Waals surface area contributed by atoms with Crippen LogP contribution in [0.4, 0.5) is 5.69 Å². The Bertz CT molecular complexity index is 1160. The van der Waals surface area contributed by atoms with Gasteiger partial charge in [0, 0.05) is 5.56 Å². The van der Waals surface area contributed by atoms with Crippen molar-refractivity contribution < 1.29 is 13.9 Å². The number of hydrogen-bond acceptors (Lipinski definition) is 6. The second-order valence-electron chi connectivity index (χ2n) is 6.71. The van der Waals surface area contributed by atoms with E-state index in [2.05, 4.69) is 15.5 Å². The molecule has 0 amide bonds. The first-order chi connectivity index (χ1) is 14.6. The molecule has 6 heteroatoms. The van der Waals surface area contributed by atoms with Crippen LogP contribution in [0.15, 0.2) is 82.3 Å². The summed E-state index contributed by atoms with van der Waals surface area (Å²) >= 11 is 0. The number of hydrogen-bond donors (Lipinski definition) is 1. The van der Waals surface area contributed by atoms with Gasteiger partial charge < -0.3 is 9.15 Å². The molecule has 6 nitrogen and oxygen atoms in total. The Morgan fingerprint density at radius 1 is 1.03 bits per heavy atom. The van der Waals surface area contributed by atoms with E-state index in [9.17, 15) is 4.79 Å². The van der Waals surface area contributed by atoms with Crippen LogP contribution in [0.25, 0.3) is 11.1 Å². The molecule has 0 unspecified atom stereocenters. The fourth-order valence-corrected chi connectivity index (χ4v) is 2.92. The molecule has 3 aromatic carbocycles. The molecule has 0 fully saturated rings. The third-order valence-corrected chi connectivity index (χ3v) is 4.49. The maximum Gasteiger partial charge on any atom is 0.252 e. The van der Waals surface area contributed by atoms with E-state index in [1.807, 2.05) is 56.3 Å². The summed E-state index contributed by atoms with van der Waals surface area (Å²) in [5.74, 6) is 0.561. The highest BCUT2D eigenvalue weighted by molar-refractivity contribution is 6.50. The van der Waals surface area contributed by atoms with Crippen molar-refractivity contribution in [3.05, 3.63) is 89.8 Å². The minimum atomic E-state index is -0.302. The molecule has 0 radical (unpaired) electrons. The van der Waals surface area contributed by atoms with Gasteiger partial charge in [0.05, 0.1) is 12.3 Å². The molecule has 0 saturated heterocycles. The van der Waals surface area contributed by atoms with Gasteiger partial charge in [-0.2, -0.15) is 5.10 Å². The topological polar surface area (TPSA) is 76.7 Å². The lowest BCUT2D eigenvalue weighted by Crippen LogP contribution is -2.18. The number of aryl methyl sites for hydroxylation is 1. The van der Waals surface area contributed by atoms with Gasteiger partial charge in [-0.1, -0.05) is 29.8 Å². The molecule has 30 heavy (non-hydrogen) atoms. The van der Waals surface area contributed by atoms with Crippen LogP contribution in [-0.4, -0.2) is 23.1 Å². The molecule has 4 aromatic rings. The van der Waals surface area contributed by atoms with E-state index in [1.54, 1.807) is 30.3 Å². The third-order valence-electron chi connectivity index (χ3n) is 4.49. The van der Waals surface area contributed by atoms with E-state index in [0.717, 1.165) is 11.3 Å². The molecule has 0 saturated carbocycles. The first-order valence-electron chi connectivity index (χ1n) is 9.68. The second kappa shape index (κ2) is 8.61. The summed E-state index contributed by atoms with van der Waals surface area (Å²) in [6, 6.07) is 22.0. The van der Waals surface area contributed by atoms with Gasteiger partial charge in [-0.25, -0.2) is 4.98 Å². The number of ketones is 1. The Morgan fingerprint density at radius 3 is 2.47 bits per heavy atom. The number of fused-ring (bicyclic) bond motifs is 1. The predicted octanol–water partition coefficient (Wildman–Crippen LogP) is 5.23. The number of ether oxygens (including phenoxy) is 1. The third kappa shape index (κ3) is 4.22. The lowest BCUT2D eigenvalue weighted by atomic mass is 10.1. The standard InChI is InChI=1S/C24H21N3O3/c1-3-29-19-14-10-17(11-15-19)23(28)22(27-26-18-12-8-16(2)9-13-18)24-25-20-6-4-5-7-21(20)30-24/h4-15,26H,3H2,1-2H3/b27-22-. The van der Waals surface area contributed by atoms with Crippen molar-refractivity contribution in [3.8, 4) is 5.75 Å². The van der Waals surface area contributed by atoms with Crippen molar-refractivity contribution in [1.29, 1.82) is 0 Å². The van der Waals surface area contributed by atoms with Crippen molar-refractivity contribution >= 4 is 28.3 Å². The van der Waals surface area contributed by atoms with Crippen molar-refractivity contribution in [2.45, 2.75) is 13.8 Å². The highest BCUT2D eigenvalue weighted by Crippen LogP contribution is 2.19. The summed E-state index contributed by atoms with van der Waals surface area (Å²) in [4.78, 5) is 17.7. The zero-order valence-electron chi connectivity index (χ0n) is 16.8. The number of para-hydroxylation sites is 2. The Hall–Kier alpha value is -3.93. The van der Waals surface area contributed by atoms with E-state index in [0.29, 0.717) is 29.0 Å². The highest BCUT2D eigenvalue weighted by Gasteiger charge is 2.22. The van der Waals surface area contributed by atoms with Crippen LogP contribution < -0.4 is 10.2 Å². The minimum absolute atomic E-state index is 0.0935. The normalized spacial score (nSPS) is 11.5. The Morgan fingerprint density at radius 2 is 1.77 bits per heavy atom. The predicted molar refractivity (Wildman–Crippen MR) is 117 cm³/mol. The summed E-state index contributed by atoms with van der Waals surface area (Å²) in [6.07, 6.45) is 0. The van der Waals surface area contributed by atoms with Gasteiger partial charge in [-0.15, -0.1) is 0 Å². The fourth-order valence-electron chi connectivity index (χ4n) is 2.92. The molecule has 4 rings (SSSR count). The van der Waals surface area contributed by atoms with Gasteiger partial charge in [0.15, 0.2) is 11.3 Å². The van der Waals surface area contributed by atoms with Gasteiger partial charge in [-0.05, 0) is 62.4 Å². The zero-order valence-corrected chi connectivity index (χ0v) is 16.8. The maximum absolute atomic E-state index is 13.3. The monoisotopic (exact) mass is 399 g/mol. The first-order valence-corrected chi connectivity index (χ1v) is 9.68. The van der Waals surface area contributed by atoms with E-state index >= 15 is 0 Å². The Balaban J connectivity index is 1.71. The lowest BCUT2D eigenvalue weighted by molar-refractivity contribution is 0.106. The largest absolute Gasteiger partial charge is 0.494 e. The van der Waals surface area contributed by atoms with Crippen molar-refractivity contribution in [3.63, 3.8) is 0 Å². The van der Waals surface area contributed by atoms with Crippen molar-refractivity contribution in [1.82, 2.24) is 4.98 Å². The van der Waals surface area contributed by atoms with E-state index in [-0.39, 0.29) is 17.4 Å². The van der Waals surface area contributed by atoms with Crippen LogP contribution in [0.5, 0.6) is 5.75 Å². The summed E-state index contributed by atoms with van der Waals surface area (Å²) < 4.78 is 11.3. The number of benzene rings is 3. The first kappa shape index (κ1) is 19.4. The molecular weight excluding hydrogens is 378 g/mol. The quantitative estimate of drug-likeness (QED) is 0.261. The number of anilines is 1. The van der Waals surface area contributed by atoms with E-state index < -0.39 is 0 Å². The smallest absolute Gasteiger partial charge is 0.252 e. The summed E-state index contributed by atoms with van der Waals surface area (Å²) in [5.41, 5.74) is 6.64. The van der Waals surface area contributed by atoms with Gasteiger partial charge in [0.1, 0.15) is 11.3 Å². The molecule has 0 spiro atoms. The molecule has 1 heterocycles. The summed E-state index contributed by atoms with van der Waals surface area (Å²) in [7, 11) is 0. The van der Waals surface area contributed by atoms with Crippen molar-refractivity contribution in [2.75, 3.05) is 12.0 Å². The van der Waals surface area contributed by atoms with Gasteiger partial charge in [0.2, 0.25) is 5.78 Å². The Kier molecular flexibility index (Phi) is 5.57. The molecule has 150 valence electrons. The van der Waals surface area contributed by atoms with E-state index in [4.69, 9.17) is 9.15 Å².